The average molecular weight is 338 g/mol. The third kappa shape index (κ3) is 4.28. The normalized spacial score (nSPS) is 18.4. The van der Waals surface area contributed by atoms with Crippen LogP contribution in [0.1, 0.15) is 12.8 Å². The minimum absolute atomic E-state index is 0.0652. The molecule has 6 heteroatoms. The molecule has 3 nitrogen and oxygen atoms in total. The van der Waals surface area contributed by atoms with Crippen LogP contribution < -0.4 is 4.74 Å². The molecule has 1 aliphatic rings. The highest BCUT2D eigenvalue weighted by atomic mass is 32.1. The van der Waals surface area contributed by atoms with E-state index in [4.69, 9.17) is 9.47 Å². The first-order valence-electron chi connectivity index (χ1n) is 7.35. The molecule has 23 heavy (non-hydrogen) atoms. The number of hydrogen-bond acceptors (Lipinski definition) is 4. The summed E-state index contributed by atoms with van der Waals surface area (Å²) in [7, 11) is 0. The van der Waals surface area contributed by atoms with Gasteiger partial charge in [-0.3, -0.25) is 4.79 Å². The van der Waals surface area contributed by atoms with Gasteiger partial charge in [0.05, 0.1) is 6.42 Å². The molecule has 1 heterocycles. The third-order valence-corrected chi connectivity index (χ3v) is 4.48. The van der Waals surface area contributed by atoms with Crippen molar-refractivity contribution in [2.24, 2.45) is 5.92 Å². The molecule has 1 unspecified atom stereocenters. The topological polar surface area (TPSA) is 35.5 Å². The number of alkyl halides is 2. The fourth-order valence-corrected chi connectivity index (χ4v) is 3.02. The van der Waals surface area contributed by atoms with Crippen molar-refractivity contribution >= 4 is 17.3 Å². The van der Waals surface area contributed by atoms with E-state index >= 15 is 0 Å². The van der Waals surface area contributed by atoms with Crippen LogP contribution in [0.5, 0.6) is 5.06 Å². The van der Waals surface area contributed by atoms with E-state index in [2.05, 4.69) is 0 Å². The van der Waals surface area contributed by atoms with Crippen molar-refractivity contribution in [3.63, 3.8) is 0 Å². The maximum atomic E-state index is 12.7. The SMILES string of the molecule is O=C(CC1CC1(F)F)OCCOc1cc(-c2ccccc2)cs1. The summed E-state index contributed by atoms with van der Waals surface area (Å²) in [6.07, 6.45) is -0.430. The van der Waals surface area contributed by atoms with E-state index in [0.29, 0.717) is 0 Å². The summed E-state index contributed by atoms with van der Waals surface area (Å²) in [5.74, 6) is -4.12. The first kappa shape index (κ1) is 15.9. The highest BCUT2D eigenvalue weighted by Crippen LogP contribution is 2.50. The van der Waals surface area contributed by atoms with Crippen LogP contribution in [0, 0.1) is 5.92 Å². The van der Waals surface area contributed by atoms with Gasteiger partial charge in [-0.15, -0.1) is 11.3 Å². The van der Waals surface area contributed by atoms with Crippen LogP contribution in [0.2, 0.25) is 0 Å². The van der Waals surface area contributed by atoms with Crippen molar-refractivity contribution in [3.05, 3.63) is 41.8 Å². The Bertz CT molecular complexity index is 669. The second-order valence-corrected chi connectivity index (χ2v) is 6.33. The molecule has 122 valence electrons. The Labute approximate surface area is 136 Å². The molecular weight excluding hydrogens is 322 g/mol. The minimum atomic E-state index is -2.68. The average Bonchev–Trinajstić information content (AvgIpc) is 2.95. The Balaban J connectivity index is 1.38. The molecule has 0 radical (unpaired) electrons. The van der Waals surface area contributed by atoms with Crippen LogP contribution in [0.25, 0.3) is 11.1 Å². The second kappa shape index (κ2) is 6.66. The summed E-state index contributed by atoms with van der Waals surface area (Å²) in [5, 5.41) is 2.72. The van der Waals surface area contributed by atoms with Gasteiger partial charge in [-0.1, -0.05) is 30.3 Å². The van der Waals surface area contributed by atoms with Crippen molar-refractivity contribution in [1.29, 1.82) is 0 Å². The first-order chi connectivity index (χ1) is 11.0. The van der Waals surface area contributed by atoms with Gasteiger partial charge in [0.25, 0.3) is 5.92 Å². The maximum Gasteiger partial charge on any atom is 0.306 e. The number of carbonyl (C=O) groups is 1. The van der Waals surface area contributed by atoms with E-state index in [1.54, 1.807) is 0 Å². The molecule has 0 saturated heterocycles. The standard InChI is InChI=1S/C17H16F2O3S/c18-17(19)10-14(17)9-15(20)21-6-7-22-16-8-13(11-23-16)12-4-2-1-3-5-12/h1-5,8,11,14H,6-7,9-10H2. The summed E-state index contributed by atoms with van der Waals surface area (Å²) in [6.45, 7) is 0.275. The van der Waals surface area contributed by atoms with E-state index < -0.39 is 17.8 Å². The Kier molecular flexibility index (Phi) is 4.61. The molecule has 2 aromatic rings. The molecule has 1 saturated carbocycles. The monoisotopic (exact) mass is 338 g/mol. The molecular formula is C17H16F2O3S. The van der Waals surface area contributed by atoms with Gasteiger partial charge in [0.1, 0.15) is 13.2 Å². The molecule has 0 N–H and O–H groups in total. The fraction of sp³-hybridized carbons (Fsp3) is 0.353. The molecule has 1 aliphatic carbocycles. The van der Waals surface area contributed by atoms with Crippen LogP contribution in [-0.2, 0) is 9.53 Å². The molecule has 3 rings (SSSR count). The number of hydrogen-bond donors (Lipinski definition) is 0. The van der Waals surface area contributed by atoms with E-state index in [9.17, 15) is 13.6 Å². The molecule has 0 bridgehead atoms. The number of ether oxygens (including phenoxy) is 2. The first-order valence-corrected chi connectivity index (χ1v) is 8.23. The molecule has 0 amide bonds. The van der Waals surface area contributed by atoms with Gasteiger partial charge in [0.2, 0.25) is 0 Å². The Hall–Kier alpha value is -1.95. The fourth-order valence-electron chi connectivity index (χ4n) is 2.22. The summed E-state index contributed by atoms with van der Waals surface area (Å²) in [6, 6.07) is 11.8. The van der Waals surface area contributed by atoms with Gasteiger partial charge in [-0.2, -0.15) is 0 Å². The van der Waals surface area contributed by atoms with Crippen molar-refractivity contribution in [2.45, 2.75) is 18.8 Å². The van der Waals surface area contributed by atoms with Gasteiger partial charge in [-0.05, 0) is 17.2 Å². The molecule has 1 atom stereocenters. The lowest BCUT2D eigenvalue weighted by Gasteiger charge is -2.05. The van der Waals surface area contributed by atoms with Gasteiger partial charge in [-0.25, -0.2) is 8.78 Å². The van der Waals surface area contributed by atoms with E-state index in [0.717, 1.165) is 16.2 Å². The number of rotatable bonds is 7. The van der Waals surface area contributed by atoms with Crippen LogP contribution in [0.3, 0.4) is 0 Å². The quantitative estimate of drug-likeness (QED) is 0.555. The predicted octanol–water partition coefficient (Wildman–Crippen LogP) is 4.38. The maximum absolute atomic E-state index is 12.7. The number of halogens is 2. The lowest BCUT2D eigenvalue weighted by Crippen LogP contribution is -2.13. The van der Waals surface area contributed by atoms with E-state index in [1.807, 2.05) is 41.8 Å². The zero-order valence-electron chi connectivity index (χ0n) is 12.3. The third-order valence-electron chi connectivity index (χ3n) is 3.64. The lowest BCUT2D eigenvalue weighted by molar-refractivity contribution is -0.145. The highest BCUT2D eigenvalue weighted by Gasteiger charge is 2.57. The van der Waals surface area contributed by atoms with Crippen molar-refractivity contribution in [2.75, 3.05) is 13.2 Å². The second-order valence-electron chi connectivity index (χ2n) is 5.46. The zero-order valence-corrected chi connectivity index (χ0v) is 13.2. The van der Waals surface area contributed by atoms with Gasteiger partial charge in [0, 0.05) is 17.7 Å². The molecule has 1 fully saturated rings. The Morgan fingerprint density at radius 2 is 1.96 bits per heavy atom. The summed E-state index contributed by atoms with van der Waals surface area (Å²) in [4.78, 5) is 11.4. The number of thiophene rings is 1. The molecule has 1 aromatic carbocycles. The lowest BCUT2D eigenvalue weighted by atomic mass is 10.1. The summed E-state index contributed by atoms with van der Waals surface area (Å²) in [5.41, 5.74) is 2.17. The van der Waals surface area contributed by atoms with Crippen LogP contribution in [0.15, 0.2) is 41.8 Å². The van der Waals surface area contributed by atoms with Crippen LogP contribution in [0.4, 0.5) is 8.78 Å². The zero-order chi connectivity index (χ0) is 16.3. The minimum Gasteiger partial charge on any atom is -0.480 e. The molecule has 0 spiro atoms. The predicted molar refractivity (Wildman–Crippen MR) is 83.9 cm³/mol. The number of esters is 1. The Morgan fingerprint density at radius 3 is 2.65 bits per heavy atom. The number of carbonyl (C=O) groups excluding carboxylic acids is 1. The summed E-state index contributed by atoms with van der Waals surface area (Å²) >= 11 is 1.46. The number of benzene rings is 1. The van der Waals surface area contributed by atoms with E-state index in [1.165, 1.54) is 11.3 Å². The highest BCUT2D eigenvalue weighted by molar-refractivity contribution is 7.12. The Morgan fingerprint density at radius 1 is 1.22 bits per heavy atom. The van der Waals surface area contributed by atoms with Gasteiger partial charge >= 0.3 is 5.97 Å². The van der Waals surface area contributed by atoms with Gasteiger partial charge < -0.3 is 9.47 Å². The van der Waals surface area contributed by atoms with Crippen molar-refractivity contribution < 1.29 is 23.0 Å². The van der Waals surface area contributed by atoms with E-state index in [-0.39, 0.29) is 26.1 Å². The van der Waals surface area contributed by atoms with Crippen molar-refractivity contribution in [1.82, 2.24) is 0 Å². The van der Waals surface area contributed by atoms with Crippen molar-refractivity contribution in [3.8, 4) is 16.2 Å². The van der Waals surface area contributed by atoms with Gasteiger partial charge in [0.15, 0.2) is 5.06 Å². The largest absolute Gasteiger partial charge is 0.480 e. The molecule has 0 aliphatic heterocycles. The van der Waals surface area contributed by atoms with Crippen LogP contribution in [-0.4, -0.2) is 25.1 Å². The summed E-state index contributed by atoms with van der Waals surface area (Å²) < 4.78 is 35.8. The molecule has 1 aromatic heterocycles. The smallest absolute Gasteiger partial charge is 0.306 e. The van der Waals surface area contributed by atoms with Crippen LogP contribution >= 0.6 is 11.3 Å².